The van der Waals surface area contributed by atoms with Crippen LogP contribution in [0.15, 0.2) is 60.7 Å². The molecule has 0 atom stereocenters. The lowest BCUT2D eigenvalue weighted by atomic mass is 10.2. The Labute approximate surface area is 91.4 Å². The van der Waals surface area contributed by atoms with E-state index in [0.29, 0.717) is 0 Å². The van der Waals surface area contributed by atoms with Crippen LogP contribution in [0.4, 0.5) is 0 Å². The van der Waals surface area contributed by atoms with Crippen molar-refractivity contribution in [1.29, 1.82) is 0 Å². The second-order valence-corrected chi connectivity index (χ2v) is 2.84. The lowest BCUT2D eigenvalue weighted by Crippen LogP contribution is -1.69. The van der Waals surface area contributed by atoms with Crippen LogP contribution >= 0.6 is 0 Å². The van der Waals surface area contributed by atoms with E-state index in [1.165, 1.54) is 5.56 Å². The van der Waals surface area contributed by atoms with Crippen molar-refractivity contribution in [2.24, 2.45) is 0 Å². The van der Waals surface area contributed by atoms with Gasteiger partial charge in [0.25, 0.3) is 0 Å². The fraction of sp³-hybridized carbons (Fsp3) is 0.0714. The predicted molar refractivity (Wildman–Crippen MR) is 64.0 cm³/mol. The van der Waals surface area contributed by atoms with Gasteiger partial charge in [-0.2, -0.15) is 0 Å². The van der Waals surface area contributed by atoms with Crippen molar-refractivity contribution in [2.75, 3.05) is 7.11 Å². The van der Waals surface area contributed by atoms with Crippen molar-refractivity contribution in [2.45, 2.75) is 0 Å². The zero-order valence-electron chi connectivity index (χ0n) is 8.76. The van der Waals surface area contributed by atoms with E-state index in [4.69, 9.17) is 0 Å². The Kier molecular flexibility index (Phi) is 5.95. The smallest absolute Gasteiger partial charge is 0.158 e. The van der Waals surface area contributed by atoms with Gasteiger partial charge in [0, 0.05) is 7.11 Å². The average Bonchev–Trinajstić information content (AvgIpc) is 2.29. The Balaban J connectivity index is 2.34. The van der Waals surface area contributed by atoms with E-state index in [9.17, 15) is 0 Å². The molecule has 0 N–H and O–H groups in total. The Morgan fingerprint density at radius 3 is 2.47 bits per heavy atom. The Hall–Kier alpha value is -1.60. The van der Waals surface area contributed by atoms with Gasteiger partial charge in [-0.25, -0.2) is 0 Å². The minimum absolute atomic E-state index is 1.20. The first kappa shape index (κ1) is 11.5. The van der Waals surface area contributed by atoms with E-state index in [0.717, 1.165) is 0 Å². The van der Waals surface area contributed by atoms with Crippen LogP contribution in [0.3, 0.4) is 0 Å². The summed E-state index contributed by atoms with van der Waals surface area (Å²) in [4.78, 5) is 0. The zero-order chi connectivity index (χ0) is 10.8. The summed E-state index contributed by atoms with van der Waals surface area (Å²) in [6.45, 7) is 2.60. The van der Waals surface area contributed by atoms with Gasteiger partial charge < -0.3 is 4.74 Å². The SMILES string of the molecule is CO[C]/C=C/C=C/C=C/c1ccccc1. The van der Waals surface area contributed by atoms with Gasteiger partial charge in [-0.15, -0.1) is 0 Å². The lowest BCUT2D eigenvalue weighted by Gasteiger charge is -1.88. The maximum absolute atomic E-state index is 4.63. The topological polar surface area (TPSA) is 9.23 Å². The molecule has 76 valence electrons. The van der Waals surface area contributed by atoms with Gasteiger partial charge in [0.1, 0.15) is 0 Å². The summed E-state index contributed by atoms with van der Waals surface area (Å²) in [5.74, 6) is 0. The Bertz CT molecular complexity index is 334. The molecule has 2 radical (unpaired) electrons. The highest BCUT2D eigenvalue weighted by Gasteiger charge is 1.79. The Morgan fingerprint density at radius 1 is 1.00 bits per heavy atom. The van der Waals surface area contributed by atoms with Crippen molar-refractivity contribution in [3.8, 4) is 0 Å². The molecule has 0 bridgehead atoms. The molecule has 1 rings (SSSR count). The van der Waals surface area contributed by atoms with Crippen LogP contribution in [0.1, 0.15) is 5.56 Å². The first-order valence-electron chi connectivity index (χ1n) is 4.77. The zero-order valence-corrected chi connectivity index (χ0v) is 8.76. The molecule has 0 saturated heterocycles. The quantitative estimate of drug-likeness (QED) is 0.658. The van der Waals surface area contributed by atoms with Gasteiger partial charge in [-0.1, -0.05) is 60.7 Å². The van der Waals surface area contributed by atoms with Crippen molar-refractivity contribution in [3.05, 3.63) is 72.9 Å². The third kappa shape index (κ3) is 5.66. The number of rotatable bonds is 5. The molecule has 0 aromatic heterocycles. The Morgan fingerprint density at radius 2 is 1.73 bits per heavy atom. The van der Waals surface area contributed by atoms with Crippen molar-refractivity contribution >= 4 is 6.08 Å². The van der Waals surface area contributed by atoms with Crippen molar-refractivity contribution in [1.82, 2.24) is 0 Å². The molecular formula is C14H14O. The monoisotopic (exact) mass is 198 g/mol. The minimum Gasteiger partial charge on any atom is -0.367 e. The average molecular weight is 198 g/mol. The van der Waals surface area contributed by atoms with Gasteiger partial charge in [0.2, 0.25) is 0 Å². The predicted octanol–water partition coefficient (Wildman–Crippen LogP) is 3.50. The number of hydrogen-bond donors (Lipinski definition) is 0. The normalized spacial score (nSPS) is 12.1. The van der Waals surface area contributed by atoms with E-state index in [1.807, 2.05) is 48.6 Å². The maximum Gasteiger partial charge on any atom is 0.158 e. The fourth-order valence-corrected chi connectivity index (χ4v) is 1.02. The molecule has 0 aliphatic heterocycles. The highest BCUT2D eigenvalue weighted by molar-refractivity contribution is 5.50. The molecule has 1 nitrogen and oxygen atoms in total. The van der Waals surface area contributed by atoms with E-state index in [2.05, 4.69) is 23.5 Å². The highest BCUT2D eigenvalue weighted by atomic mass is 16.5. The van der Waals surface area contributed by atoms with Gasteiger partial charge >= 0.3 is 0 Å². The molecule has 0 unspecified atom stereocenters. The van der Waals surface area contributed by atoms with E-state index in [-0.39, 0.29) is 0 Å². The van der Waals surface area contributed by atoms with Crippen LogP contribution in [-0.2, 0) is 4.74 Å². The van der Waals surface area contributed by atoms with Crippen molar-refractivity contribution in [3.63, 3.8) is 0 Å². The summed E-state index contributed by atoms with van der Waals surface area (Å²) in [5.41, 5.74) is 1.20. The van der Waals surface area contributed by atoms with E-state index in [1.54, 1.807) is 13.2 Å². The summed E-state index contributed by atoms with van der Waals surface area (Å²) in [6.07, 6.45) is 11.5. The molecule has 0 fully saturated rings. The van der Waals surface area contributed by atoms with Crippen LogP contribution in [0.25, 0.3) is 6.08 Å². The van der Waals surface area contributed by atoms with Gasteiger partial charge in [0.05, 0.1) is 0 Å². The summed E-state index contributed by atoms with van der Waals surface area (Å²) >= 11 is 0. The highest BCUT2D eigenvalue weighted by Crippen LogP contribution is 2.00. The van der Waals surface area contributed by atoms with E-state index < -0.39 is 0 Å². The van der Waals surface area contributed by atoms with Gasteiger partial charge in [0.15, 0.2) is 6.61 Å². The second-order valence-electron chi connectivity index (χ2n) is 2.84. The summed E-state index contributed by atoms with van der Waals surface area (Å²) < 4.78 is 4.63. The number of ether oxygens (including phenoxy) is 1. The fourth-order valence-electron chi connectivity index (χ4n) is 1.02. The number of methoxy groups -OCH3 is 1. The number of hydrogen-bond acceptors (Lipinski definition) is 1. The number of allylic oxidation sites excluding steroid dienone is 4. The summed E-state index contributed by atoms with van der Waals surface area (Å²) in [5, 5.41) is 0. The van der Waals surface area contributed by atoms with E-state index >= 15 is 0 Å². The largest absolute Gasteiger partial charge is 0.367 e. The number of benzene rings is 1. The summed E-state index contributed by atoms with van der Waals surface area (Å²) in [6, 6.07) is 10.2. The van der Waals surface area contributed by atoms with Crippen LogP contribution in [0.2, 0.25) is 0 Å². The molecule has 0 aliphatic rings. The molecule has 0 heterocycles. The maximum atomic E-state index is 4.63. The molecule has 1 aromatic carbocycles. The molecule has 0 spiro atoms. The van der Waals surface area contributed by atoms with Gasteiger partial charge in [-0.3, -0.25) is 0 Å². The standard InChI is InChI=1S/C14H14O/c1-15-13-9-4-2-3-6-10-14-11-7-5-8-12-14/h2-12H,1H3/b3-2+,9-4+,10-6+. The lowest BCUT2D eigenvalue weighted by molar-refractivity contribution is 0.296. The van der Waals surface area contributed by atoms with Crippen molar-refractivity contribution < 1.29 is 4.74 Å². The first-order valence-corrected chi connectivity index (χ1v) is 4.77. The molecule has 15 heavy (non-hydrogen) atoms. The van der Waals surface area contributed by atoms with Gasteiger partial charge in [-0.05, 0) is 11.6 Å². The molecule has 0 amide bonds. The van der Waals surface area contributed by atoms with Crippen LogP contribution in [-0.4, -0.2) is 7.11 Å². The van der Waals surface area contributed by atoms with Crippen LogP contribution in [0.5, 0.6) is 0 Å². The molecule has 1 heteroatoms. The second kappa shape index (κ2) is 7.77. The first-order chi connectivity index (χ1) is 7.43. The third-order valence-corrected chi connectivity index (χ3v) is 1.70. The van der Waals surface area contributed by atoms with Crippen LogP contribution in [0, 0.1) is 6.61 Å². The summed E-state index contributed by atoms with van der Waals surface area (Å²) in [7, 11) is 1.57. The van der Waals surface area contributed by atoms with Crippen LogP contribution < -0.4 is 0 Å². The minimum atomic E-state index is 1.20. The molecule has 0 aliphatic carbocycles. The molecular weight excluding hydrogens is 184 g/mol. The molecule has 0 saturated carbocycles. The third-order valence-electron chi connectivity index (χ3n) is 1.70. The molecule has 1 aromatic rings.